The second-order valence-corrected chi connectivity index (χ2v) is 8.02. The van der Waals surface area contributed by atoms with Gasteiger partial charge in [-0.2, -0.15) is 0 Å². The van der Waals surface area contributed by atoms with Crippen LogP contribution >= 0.6 is 11.6 Å². The summed E-state index contributed by atoms with van der Waals surface area (Å²) in [5.41, 5.74) is 1.66. The molecule has 0 unspecified atom stereocenters. The van der Waals surface area contributed by atoms with E-state index in [4.69, 9.17) is 21.1 Å². The Hall–Kier alpha value is -1.46. The van der Waals surface area contributed by atoms with Gasteiger partial charge in [-0.3, -0.25) is 9.69 Å². The highest BCUT2D eigenvalue weighted by Gasteiger charge is 2.27. The van der Waals surface area contributed by atoms with E-state index in [-0.39, 0.29) is 12.0 Å². The Balaban J connectivity index is 2.02. The molecule has 140 valence electrons. The molecule has 0 N–H and O–H groups in total. The molecule has 0 aliphatic carbocycles. The van der Waals surface area contributed by atoms with Gasteiger partial charge in [-0.1, -0.05) is 11.6 Å². The minimum absolute atomic E-state index is 0.169. The van der Waals surface area contributed by atoms with Gasteiger partial charge in [0.1, 0.15) is 11.4 Å². The van der Waals surface area contributed by atoms with Crippen molar-refractivity contribution < 1.29 is 14.3 Å². The summed E-state index contributed by atoms with van der Waals surface area (Å²) in [7, 11) is 1.63. The molecule has 1 fully saturated rings. The fraction of sp³-hybridized carbons (Fsp3) is 0.632. The first kappa shape index (κ1) is 19.9. The van der Waals surface area contributed by atoms with Gasteiger partial charge in [0.25, 0.3) is 0 Å². The molecule has 0 aromatic heterocycles. The normalized spacial score (nSPS) is 19.0. The minimum Gasteiger partial charge on any atom is -0.495 e. The number of piperazine rings is 1. The number of carbonyl (C=O) groups is 1. The van der Waals surface area contributed by atoms with Gasteiger partial charge in [0, 0.05) is 37.4 Å². The lowest BCUT2D eigenvalue weighted by Crippen LogP contribution is -2.53. The maximum Gasteiger partial charge on any atom is 0.320 e. The molecule has 1 aromatic rings. The van der Waals surface area contributed by atoms with Crippen molar-refractivity contribution >= 4 is 23.3 Å². The zero-order valence-corrected chi connectivity index (χ0v) is 16.8. The fourth-order valence-corrected chi connectivity index (χ4v) is 3.34. The van der Waals surface area contributed by atoms with Crippen molar-refractivity contribution in [3.63, 3.8) is 0 Å². The number of aryl methyl sites for hydroxylation is 1. The molecule has 25 heavy (non-hydrogen) atoms. The highest BCUT2D eigenvalue weighted by atomic mass is 35.5. The lowest BCUT2D eigenvalue weighted by atomic mass is 10.1. The van der Waals surface area contributed by atoms with Crippen molar-refractivity contribution in [2.75, 3.05) is 38.2 Å². The molecular formula is C19H29ClN2O3. The second kappa shape index (κ2) is 7.83. The Bertz CT molecular complexity index is 628. The van der Waals surface area contributed by atoms with Gasteiger partial charge in [0.05, 0.1) is 18.7 Å². The molecule has 1 atom stereocenters. The third-order valence-electron chi connectivity index (χ3n) is 4.24. The van der Waals surface area contributed by atoms with Crippen LogP contribution in [0.5, 0.6) is 5.75 Å². The summed E-state index contributed by atoms with van der Waals surface area (Å²) in [6, 6.07) is 4.35. The van der Waals surface area contributed by atoms with Gasteiger partial charge < -0.3 is 14.4 Å². The first-order chi connectivity index (χ1) is 11.6. The van der Waals surface area contributed by atoms with E-state index >= 15 is 0 Å². The molecule has 1 heterocycles. The molecule has 1 aliphatic heterocycles. The first-order valence-electron chi connectivity index (χ1n) is 8.65. The number of hydrogen-bond donors (Lipinski definition) is 0. The van der Waals surface area contributed by atoms with E-state index in [1.807, 2.05) is 33.8 Å². The Kier molecular flexibility index (Phi) is 6.22. The number of carbonyl (C=O) groups excluding carboxylic acids is 1. The van der Waals surface area contributed by atoms with Crippen molar-refractivity contribution in [2.24, 2.45) is 0 Å². The molecule has 0 saturated carbocycles. The average Bonchev–Trinajstić information content (AvgIpc) is 2.48. The Morgan fingerprint density at radius 2 is 2.00 bits per heavy atom. The minimum atomic E-state index is -0.443. The first-order valence-corrected chi connectivity index (χ1v) is 9.03. The molecule has 1 aromatic carbocycles. The third kappa shape index (κ3) is 5.25. The van der Waals surface area contributed by atoms with Gasteiger partial charge >= 0.3 is 5.97 Å². The summed E-state index contributed by atoms with van der Waals surface area (Å²) in [4.78, 5) is 16.5. The predicted molar refractivity (Wildman–Crippen MR) is 102 cm³/mol. The largest absolute Gasteiger partial charge is 0.495 e. The van der Waals surface area contributed by atoms with E-state index in [0.29, 0.717) is 17.3 Å². The highest BCUT2D eigenvalue weighted by Crippen LogP contribution is 2.34. The Morgan fingerprint density at radius 3 is 2.56 bits per heavy atom. The number of esters is 1. The lowest BCUT2D eigenvalue weighted by Gasteiger charge is -2.41. The van der Waals surface area contributed by atoms with E-state index in [1.54, 1.807) is 7.11 Å². The summed E-state index contributed by atoms with van der Waals surface area (Å²) in [6.07, 6.45) is 0. The summed E-state index contributed by atoms with van der Waals surface area (Å²) < 4.78 is 10.8. The number of nitrogens with zero attached hydrogens (tertiary/aromatic N) is 2. The monoisotopic (exact) mass is 368 g/mol. The van der Waals surface area contributed by atoms with Crippen LogP contribution in [0.1, 0.15) is 33.3 Å². The number of anilines is 1. The summed E-state index contributed by atoms with van der Waals surface area (Å²) in [6.45, 7) is 12.6. The summed E-state index contributed by atoms with van der Waals surface area (Å²) in [5, 5.41) is 0.655. The van der Waals surface area contributed by atoms with Crippen LogP contribution in [0, 0.1) is 6.92 Å². The smallest absolute Gasteiger partial charge is 0.320 e. The molecule has 0 amide bonds. The van der Waals surface area contributed by atoms with Crippen LogP contribution < -0.4 is 9.64 Å². The van der Waals surface area contributed by atoms with Gasteiger partial charge in [-0.15, -0.1) is 0 Å². The fourth-order valence-electron chi connectivity index (χ4n) is 3.15. The highest BCUT2D eigenvalue weighted by molar-refractivity contribution is 6.32. The number of benzene rings is 1. The number of rotatable bonds is 4. The summed E-state index contributed by atoms with van der Waals surface area (Å²) >= 11 is 6.27. The van der Waals surface area contributed by atoms with Crippen LogP contribution in [0.4, 0.5) is 5.69 Å². The van der Waals surface area contributed by atoms with Crippen molar-refractivity contribution in [2.45, 2.75) is 46.3 Å². The molecular weight excluding hydrogens is 340 g/mol. The zero-order valence-electron chi connectivity index (χ0n) is 16.1. The number of methoxy groups -OCH3 is 1. The SMILES string of the molecule is COc1cc(N2CCN(CC(=O)OC(C)(C)C)C[C@@H]2C)cc(C)c1Cl. The summed E-state index contributed by atoms with van der Waals surface area (Å²) in [5.74, 6) is 0.525. The van der Waals surface area contributed by atoms with Gasteiger partial charge in [-0.05, 0) is 46.2 Å². The van der Waals surface area contributed by atoms with Crippen molar-refractivity contribution in [3.8, 4) is 5.75 Å². The molecule has 1 saturated heterocycles. The number of halogens is 1. The third-order valence-corrected chi connectivity index (χ3v) is 4.73. The predicted octanol–water partition coefficient (Wildman–Crippen LogP) is 3.51. The van der Waals surface area contributed by atoms with Crippen molar-refractivity contribution in [1.82, 2.24) is 4.90 Å². The number of hydrogen-bond acceptors (Lipinski definition) is 5. The van der Waals surface area contributed by atoms with Crippen LogP contribution in [0.2, 0.25) is 5.02 Å². The van der Waals surface area contributed by atoms with Gasteiger partial charge in [0.15, 0.2) is 0 Å². The van der Waals surface area contributed by atoms with E-state index < -0.39 is 5.60 Å². The standard InChI is InChI=1S/C19H29ClN2O3/c1-13-9-15(10-16(24-6)18(13)20)22-8-7-21(11-14(22)2)12-17(23)25-19(3,4)5/h9-10,14H,7-8,11-12H2,1-6H3/t14-/m0/s1. The number of ether oxygens (including phenoxy) is 2. The van der Waals surface area contributed by atoms with Crippen LogP contribution in [-0.4, -0.2) is 55.8 Å². The van der Waals surface area contributed by atoms with Crippen LogP contribution in [0.3, 0.4) is 0 Å². The van der Waals surface area contributed by atoms with E-state index in [9.17, 15) is 4.79 Å². The maximum atomic E-state index is 12.0. The Morgan fingerprint density at radius 1 is 1.32 bits per heavy atom. The average molecular weight is 369 g/mol. The molecule has 5 nitrogen and oxygen atoms in total. The van der Waals surface area contributed by atoms with Crippen LogP contribution in [0.15, 0.2) is 12.1 Å². The van der Waals surface area contributed by atoms with Crippen molar-refractivity contribution in [1.29, 1.82) is 0 Å². The maximum absolute atomic E-state index is 12.0. The quantitative estimate of drug-likeness (QED) is 0.761. The molecule has 1 aliphatic rings. The Labute approximate surface area is 155 Å². The molecule has 0 radical (unpaired) electrons. The molecule has 6 heteroatoms. The van der Waals surface area contributed by atoms with Crippen LogP contribution in [0.25, 0.3) is 0 Å². The second-order valence-electron chi connectivity index (χ2n) is 7.64. The van der Waals surface area contributed by atoms with E-state index in [1.165, 1.54) is 0 Å². The van der Waals surface area contributed by atoms with Crippen LogP contribution in [-0.2, 0) is 9.53 Å². The molecule has 0 spiro atoms. The van der Waals surface area contributed by atoms with Gasteiger partial charge in [-0.25, -0.2) is 0 Å². The lowest BCUT2D eigenvalue weighted by molar-refractivity contribution is -0.156. The van der Waals surface area contributed by atoms with Crippen molar-refractivity contribution in [3.05, 3.63) is 22.7 Å². The van der Waals surface area contributed by atoms with Gasteiger partial charge in [0.2, 0.25) is 0 Å². The van der Waals surface area contributed by atoms with E-state index in [2.05, 4.69) is 22.8 Å². The topological polar surface area (TPSA) is 42.0 Å². The molecule has 0 bridgehead atoms. The molecule has 2 rings (SSSR count). The van der Waals surface area contributed by atoms with E-state index in [0.717, 1.165) is 30.9 Å². The zero-order chi connectivity index (χ0) is 18.8.